The van der Waals surface area contributed by atoms with Crippen LogP contribution in [0.15, 0.2) is 176 Å². The first-order valence-corrected chi connectivity index (χ1v) is 28.8. The number of halogens is 4. The highest BCUT2D eigenvalue weighted by Crippen LogP contribution is 2.57. The molecule has 3 nitrogen and oxygen atoms in total. The third-order valence-electron chi connectivity index (χ3n) is 13.9. The summed E-state index contributed by atoms with van der Waals surface area (Å²) in [6.45, 7) is 6.81. The second kappa shape index (κ2) is 25.3. The van der Waals surface area contributed by atoms with Crippen LogP contribution in [-0.2, 0) is 24.7 Å². The maximum Gasteiger partial charge on any atom is 0.168 e. The van der Waals surface area contributed by atoms with Gasteiger partial charge < -0.3 is 0 Å². The van der Waals surface area contributed by atoms with Crippen LogP contribution < -0.4 is 0 Å². The van der Waals surface area contributed by atoms with Crippen LogP contribution >= 0.6 is 63.7 Å². The normalized spacial score (nSPS) is 12.3. The smallest absolute Gasteiger partial charge is 0.168 e. The standard InChI is InChI=1S/C37H40Br2.C26H25Br2N3/c1-3-5-7-9-11-27-13-17-29(18-14-27)37(30-19-15-28(16-20-30)12-10-8-6-4-2)35-25-31(38)21-23-33(35)34-24-22-32(39)26-36(34)37;1-2-3-4-5-6-19-7-17-24(18-8-19)31-25(20-9-13-22(27)14-10-20)29-30-26(31)21-11-15-23(28)16-12-21/h13-26H,3-12H2,1-2H3;7-18H,2-6H2,1H3. The van der Waals surface area contributed by atoms with Gasteiger partial charge in [0.15, 0.2) is 11.6 Å². The Bertz CT molecular complexity index is 2730. The van der Waals surface area contributed by atoms with Crippen LogP contribution in [0, 0.1) is 0 Å². The van der Waals surface area contributed by atoms with Gasteiger partial charge in [-0.3, -0.25) is 4.57 Å². The van der Waals surface area contributed by atoms with E-state index < -0.39 is 0 Å². The van der Waals surface area contributed by atoms with Crippen molar-refractivity contribution in [2.45, 2.75) is 122 Å². The lowest BCUT2D eigenvalue weighted by Crippen LogP contribution is -2.28. The lowest BCUT2D eigenvalue weighted by Gasteiger charge is -2.34. The van der Waals surface area contributed by atoms with Gasteiger partial charge in [0.25, 0.3) is 0 Å². The Balaban J connectivity index is 0.000000193. The van der Waals surface area contributed by atoms with Crippen LogP contribution in [0.4, 0.5) is 0 Å². The van der Waals surface area contributed by atoms with E-state index in [1.165, 1.54) is 127 Å². The Labute approximate surface area is 451 Å². The van der Waals surface area contributed by atoms with E-state index in [9.17, 15) is 0 Å². The summed E-state index contributed by atoms with van der Waals surface area (Å²) in [4.78, 5) is 0. The van der Waals surface area contributed by atoms with Gasteiger partial charge in [-0.1, -0.05) is 239 Å². The number of aromatic nitrogens is 3. The van der Waals surface area contributed by atoms with Crippen molar-refractivity contribution in [3.63, 3.8) is 0 Å². The van der Waals surface area contributed by atoms with Gasteiger partial charge in [0.05, 0.1) is 5.41 Å². The largest absolute Gasteiger partial charge is 0.275 e. The molecule has 0 saturated heterocycles. The van der Waals surface area contributed by atoms with Crippen molar-refractivity contribution in [3.8, 4) is 39.6 Å². The van der Waals surface area contributed by atoms with E-state index in [1.54, 1.807) is 0 Å². The summed E-state index contributed by atoms with van der Waals surface area (Å²) in [7, 11) is 0. The Morgan fingerprint density at radius 1 is 0.371 bits per heavy atom. The highest BCUT2D eigenvalue weighted by Gasteiger charge is 2.46. The average Bonchev–Trinajstić information content (AvgIpc) is 3.94. The zero-order valence-corrected chi connectivity index (χ0v) is 47.3. The highest BCUT2D eigenvalue weighted by molar-refractivity contribution is 9.11. The molecule has 0 bridgehead atoms. The van der Waals surface area contributed by atoms with Crippen LogP contribution in [0.1, 0.15) is 137 Å². The molecule has 1 aliphatic carbocycles. The lowest BCUT2D eigenvalue weighted by atomic mass is 9.67. The molecular weight excluding hydrogens is 1120 g/mol. The number of benzene rings is 7. The Morgan fingerprint density at radius 2 is 0.714 bits per heavy atom. The fourth-order valence-corrected chi connectivity index (χ4v) is 11.3. The number of hydrogen-bond donors (Lipinski definition) is 0. The Kier molecular flexibility index (Phi) is 18.8. The molecule has 0 aliphatic heterocycles. The minimum atomic E-state index is -0.361. The SMILES string of the molecule is CCCCCCc1ccc(-n2c(-c3ccc(Br)cc3)nnc2-c2ccc(Br)cc2)cc1.CCCCCCc1ccc(C2(c3ccc(CCCCCC)cc3)c3cc(Br)ccc3-c3ccc(Br)cc32)cc1. The molecule has 0 fully saturated rings. The summed E-state index contributed by atoms with van der Waals surface area (Å²) < 4.78 is 6.48. The molecule has 1 heterocycles. The van der Waals surface area contributed by atoms with Gasteiger partial charge in [-0.25, -0.2) is 0 Å². The van der Waals surface area contributed by atoms with Crippen LogP contribution in [0.3, 0.4) is 0 Å². The van der Waals surface area contributed by atoms with Crippen molar-refractivity contribution in [1.29, 1.82) is 0 Å². The van der Waals surface area contributed by atoms with E-state index in [1.807, 2.05) is 24.3 Å². The van der Waals surface area contributed by atoms with Gasteiger partial charge in [0.2, 0.25) is 0 Å². The predicted molar refractivity (Wildman–Crippen MR) is 310 cm³/mol. The quantitative estimate of drug-likeness (QED) is 0.0712. The van der Waals surface area contributed by atoms with Crippen LogP contribution in [-0.4, -0.2) is 14.8 Å². The first kappa shape index (κ1) is 51.9. The lowest BCUT2D eigenvalue weighted by molar-refractivity contribution is 0.666. The average molecular weight is 1180 g/mol. The van der Waals surface area contributed by atoms with Gasteiger partial charge in [-0.2, -0.15) is 0 Å². The molecule has 1 aromatic heterocycles. The number of unbranched alkanes of at least 4 members (excludes halogenated alkanes) is 9. The van der Waals surface area contributed by atoms with Crippen molar-refractivity contribution in [2.24, 2.45) is 0 Å². The molecule has 0 unspecified atom stereocenters. The first-order chi connectivity index (χ1) is 34.2. The van der Waals surface area contributed by atoms with Gasteiger partial charge in [-0.05, 0) is 149 Å². The molecule has 70 heavy (non-hydrogen) atoms. The summed E-state index contributed by atoms with van der Waals surface area (Å²) in [5, 5.41) is 9.14. The second-order valence-electron chi connectivity index (χ2n) is 18.8. The molecule has 0 radical (unpaired) electrons. The maximum atomic E-state index is 4.57. The van der Waals surface area contributed by atoms with E-state index in [-0.39, 0.29) is 5.41 Å². The van der Waals surface area contributed by atoms with Crippen LogP contribution in [0.5, 0.6) is 0 Å². The third kappa shape index (κ3) is 12.3. The van der Waals surface area contributed by atoms with E-state index in [2.05, 4.69) is 233 Å². The zero-order chi connectivity index (χ0) is 48.9. The van der Waals surface area contributed by atoms with Crippen molar-refractivity contribution >= 4 is 63.7 Å². The van der Waals surface area contributed by atoms with E-state index in [4.69, 9.17) is 0 Å². The minimum absolute atomic E-state index is 0.361. The van der Waals surface area contributed by atoms with E-state index in [0.29, 0.717) is 0 Å². The van der Waals surface area contributed by atoms with E-state index >= 15 is 0 Å². The summed E-state index contributed by atoms with van der Waals surface area (Å²) in [5.41, 5.74) is 15.1. The van der Waals surface area contributed by atoms with Crippen LogP contribution in [0.2, 0.25) is 0 Å². The molecule has 0 amide bonds. The highest BCUT2D eigenvalue weighted by atomic mass is 79.9. The number of fused-ring (bicyclic) bond motifs is 3. The number of rotatable bonds is 20. The molecule has 1 aliphatic rings. The Morgan fingerprint density at radius 3 is 1.07 bits per heavy atom. The molecule has 8 aromatic rings. The minimum Gasteiger partial charge on any atom is -0.275 e. The molecule has 360 valence electrons. The molecule has 9 rings (SSSR count). The monoisotopic (exact) mass is 1180 g/mol. The maximum absolute atomic E-state index is 4.57. The molecule has 0 spiro atoms. The summed E-state index contributed by atoms with van der Waals surface area (Å²) in [5.74, 6) is 1.67. The first-order valence-electron chi connectivity index (χ1n) is 25.6. The van der Waals surface area contributed by atoms with E-state index in [0.717, 1.165) is 65.6 Å². The topological polar surface area (TPSA) is 30.7 Å². The van der Waals surface area contributed by atoms with Crippen molar-refractivity contribution < 1.29 is 0 Å². The second-order valence-corrected chi connectivity index (χ2v) is 22.5. The van der Waals surface area contributed by atoms with Gasteiger partial charge >= 0.3 is 0 Å². The number of aryl methyl sites for hydroxylation is 3. The molecule has 0 atom stereocenters. The number of hydrogen-bond acceptors (Lipinski definition) is 2. The summed E-state index contributed by atoms with van der Waals surface area (Å²) in [6.07, 6.45) is 18.9. The molecule has 0 N–H and O–H groups in total. The van der Waals surface area contributed by atoms with Gasteiger partial charge in [0.1, 0.15) is 0 Å². The Hall–Kier alpha value is -4.40. The van der Waals surface area contributed by atoms with Crippen LogP contribution in [0.25, 0.3) is 39.6 Å². The van der Waals surface area contributed by atoms with Gasteiger partial charge in [0, 0.05) is 34.7 Å². The molecule has 7 aromatic carbocycles. The van der Waals surface area contributed by atoms with Crippen molar-refractivity contribution in [2.75, 3.05) is 0 Å². The molecular formula is C63H65Br4N3. The number of nitrogens with zero attached hydrogens (tertiary/aromatic N) is 3. The summed E-state index contributed by atoms with van der Waals surface area (Å²) in [6, 6.07) is 58.0. The third-order valence-corrected chi connectivity index (χ3v) is 15.9. The predicted octanol–water partition coefficient (Wildman–Crippen LogP) is 20.1. The zero-order valence-electron chi connectivity index (χ0n) is 41.0. The van der Waals surface area contributed by atoms with Gasteiger partial charge in [-0.15, -0.1) is 10.2 Å². The fourth-order valence-electron chi connectivity index (χ4n) is 10.1. The molecule has 7 heteroatoms. The fraction of sp³-hybridized carbons (Fsp3) is 0.302. The van der Waals surface area contributed by atoms with Crippen molar-refractivity contribution in [1.82, 2.24) is 14.8 Å². The van der Waals surface area contributed by atoms with Crippen molar-refractivity contribution in [3.05, 3.63) is 215 Å². The summed E-state index contributed by atoms with van der Waals surface area (Å²) >= 11 is 14.7. The molecule has 0 saturated carbocycles.